The molecular formula is C35H40NO+. The molecule has 3 aromatic carbocycles. The van der Waals surface area contributed by atoms with Gasteiger partial charge in [0.25, 0.3) is 0 Å². The summed E-state index contributed by atoms with van der Waals surface area (Å²) in [5.41, 5.74) is 10.5. The summed E-state index contributed by atoms with van der Waals surface area (Å²) in [6.45, 7) is 19.1. The zero-order chi connectivity index (χ0) is 26.5. The van der Waals surface area contributed by atoms with Crippen LogP contribution in [0.25, 0.3) is 44.0 Å². The lowest BCUT2D eigenvalue weighted by Gasteiger charge is -2.44. The minimum atomic E-state index is 0.0611. The average molecular weight is 491 g/mol. The van der Waals surface area contributed by atoms with E-state index in [0.717, 1.165) is 11.2 Å². The molecule has 2 nitrogen and oxygen atoms in total. The lowest BCUT2D eigenvalue weighted by molar-refractivity contribution is -0.661. The normalized spacial score (nSPS) is 17.0. The molecule has 0 unspecified atom stereocenters. The molecule has 190 valence electrons. The molecule has 0 saturated heterocycles. The van der Waals surface area contributed by atoms with Gasteiger partial charge in [-0.1, -0.05) is 84.9 Å². The molecule has 1 aliphatic rings. The number of aryl methyl sites for hydroxylation is 2. The van der Waals surface area contributed by atoms with Crippen LogP contribution >= 0.6 is 0 Å². The molecular weight excluding hydrogens is 450 g/mol. The van der Waals surface area contributed by atoms with E-state index in [1.165, 1.54) is 62.3 Å². The van der Waals surface area contributed by atoms with E-state index in [-0.39, 0.29) is 16.2 Å². The van der Waals surface area contributed by atoms with Crippen molar-refractivity contribution >= 4 is 32.7 Å². The highest BCUT2D eigenvalue weighted by Crippen LogP contribution is 2.52. The van der Waals surface area contributed by atoms with Crippen molar-refractivity contribution in [1.82, 2.24) is 0 Å². The molecule has 1 aliphatic carbocycles. The van der Waals surface area contributed by atoms with Crippen molar-refractivity contribution in [3.63, 3.8) is 0 Å². The first-order chi connectivity index (χ1) is 17.3. The van der Waals surface area contributed by atoms with Crippen LogP contribution in [0.3, 0.4) is 0 Å². The third kappa shape index (κ3) is 3.55. The van der Waals surface area contributed by atoms with Gasteiger partial charge in [0.05, 0.1) is 5.56 Å². The van der Waals surface area contributed by atoms with Gasteiger partial charge in [-0.2, -0.15) is 0 Å². The molecule has 0 atom stereocenters. The first-order valence-electron chi connectivity index (χ1n) is 13.7. The first-order valence-corrected chi connectivity index (χ1v) is 13.7. The molecule has 0 fully saturated rings. The molecule has 0 bridgehead atoms. The summed E-state index contributed by atoms with van der Waals surface area (Å²) in [6.07, 6.45) is 4.78. The molecule has 0 N–H and O–H groups in total. The number of rotatable bonds is 1. The lowest BCUT2D eigenvalue weighted by Crippen LogP contribution is -2.44. The van der Waals surface area contributed by atoms with Gasteiger partial charge in [0.1, 0.15) is 18.2 Å². The maximum absolute atomic E-state index is 6.78. The average Bonchev–Trinajstić information content (AvgIpc) is 3.17. The van der Waals surface area contributed by atoms with E-state index >= 15 is 0 Å². The Morgan fingerprint density at radius 3 is 2.08 bits per heavy atom. The van der Waals surface area contributed by atoms with Crippen LogP contribution in [0.15, 0.2) is 59.1 Å². The fraction of sp³-hybridized carbons (Fsp3) is 0.400. The second-order valence-electron chi connectivity index (χ2n) is 13.7. The van der Waals surface area contributed by atoms with Gasteiger partial charge in [0, 0.05) is 21.9 Å². The maximum Gasteiger partial charge on any atom is 0.220 e. The number of aromatic nitrogens is 1. The Morgan fingerprint density at radius 2 is 1.43 bits per heavy atom. The lowest BCUT2D eigenvalue weighted by atomic mass is 9.59. The van der Waals surface area contributed by atoms with Crippen molar-refractivity contribution in [2.75, 3.05) is 0 Å². The highest BCUT2D eigenvalue weighted by molar-refractivity contribution is 6.13. The Labute approximate surface area is 221 Å². The number of pyridine rings is 1. The largest absolute Gasteiger partial charge is 0.455 e. The minimum Gasteiger partial charge on any atom is -0.455 e. The summed E-state index contributed by atoms with van der Waals surface area (Å²) in [5.74, 6) is 0. The van der Waals surface area contributed by atoms with E-state index in [2.05, 4.69) is 122 Å². The van der Waals surface area contributed by atoms with E-state index in [0.29, 0.717) is 0 Å². The van der Waals surface area contributed by atoms with Gasteiger partial charge in [0.2, 0.25) is 5.69 Å². The van der Waals surface area contributed by atoms with Gasteiger partial charge in [-0.25, -0.2) is 4.57 Å². The molecule has 37 heavy (non-hydrogen) atoms. The monoisotopic (exact) mass is 490 g/mol. The van der Waals surface area contributed by atoms with E-state index in [9.17, 15) is 0 Å². The van der Waals surface area contributed by atoms with Crippen molar-refractivity contribution in [2.45, 2.75) is 84.5 Å². The molecule has 0 amide bonds. The molecule has 2 aromatic heterocycles. The second-order valence-corrected chi connectivity index (χ2v) is 13.7. The number of benzene rings is 3. The molecule has 5 aromatic rings. The maximum atomic E-state index is 6.78. The molecule has 0 radical (unpaired) electrons. The van der Waals surface area contributed by atoms with E-state index < -0.39 is 0 Å². The SMILES string of the molecule is Cc1ccc2c(oc3cc4ccccc4cc32)c1-c1c2c(c(C(C)(C)C)c[n+]1C)C(C)(C)CCC2(C)C. The van der Waals surface area contributed by atoms with Crippen LogP contribution in [-0.4, -0.2) is 0 Å². The minimum absolute atomic E-state index is 0.0611. The Bertz CT molecular complexity index is 1720. The fourth-order valence-corrected chi connectivity index (χ4v) is 6.78. The van der Waals surface area contributed by atoms with Crippen LogP contribution in [0.4, 0.5) is 0 Å². The summed E-state index contributed by atoms with van der Waals surface area (Å²) in [5, 5.41) is 4.85. The van der Waals surface area contributed by atoms with E-state index in [4.69, 9.17) is 4.42 Å². The Balaban J connectivity index is 1.78. The Morgan fingerprint density at radius 1 is 0.811 bits per heavy atom. The summed E-state index contributed by atoms with van der Waals surface area (Å²) in [4.78, 5) is 0. The van der Waals surface area contributed by atoms with Crippen molar-refractivity contribution in [3.05, 3.63) is 77.0 Å². The zero-order valence-corrected chi connectivity index (χ0v) is 24.0. The smallest absolute Gasteiger partial charge is 0.220 e. The van der Waals surface area contributed by atoms with Crippen LogP contribution < -0.4 is 4.57 Å². The van der Waals surface area contributed by atoms with Crippen LogP contribution in [0.1, 0.15) is 83.6 Å². The standard InChI is InChI=1S/C35H40NO/c1-21-14-15-24-25-18-22-12-10-11-13-23(22)19-27(25)37-32(24)28(21)31-30-29(26(20-36(31)9)33(2,3)4)34(5,6)16-17-35(30,7)8/h10-15,18-20H,16-17H2,1-9H3/q+1. The number of furan rings is 1. The summed E-state index contributed by atoms with van der Waals surface area (Å²) in [7, 11) is 2.23. The number of fused-ring (bicyclic) bond motifs is 5. The van der Waals surface area contributed by atoms with Crippen molar-refractivity contribution in [2.24, 2.45) is 7.05 Å². The zero-order valence-electron chi connectivity index (χ0n) is 24.0. The van der Waals surface area contributed by atoms with E-state index in [1.807, 2.05) is 0 Å². The molecule has 0 spiro atoms. The summed E-state index contributed by atoms with van der Waals surface area (Å²) < 4.78 is 9.17. The van der Waals surface area contributed by atoms with E-state index in [1.54, 1.807) is 5.56 Å². The van der Waals surface area contributed by atoms with Gasteiger partial charge in [-0.05, 0) is 70.0 Å². The Kier molecular flexibility index (Phi) is 5.04. The third-order valence-electron chi connectivity index (χ3n) is 8.92. The van der Waals surface area contributed by atoms with Gasteiger partial charge in [-0.3, -0.25) is 0 Å². The van der Waals surface area contributed by atoms with Crippen molar-refractivity contribution in [1.29, 1.82) is 0 Å². The highest BCUT2D eigenvalue weighted by Gasteiger charge is 2.46. The Hall–Kier alpha value is -3.13. The van der Waals surface area contributed by atoms with Crippen LogP contribution in [0, 0.1) is 6.92 Å². The molecule has 0 aliphatic heterocycles. The van der Waals surface area contributed by atoms with Crippen LogP contribution in [0.5, 0.6) is 0 Å². The molecule has 2 heteroatoms. The molecule has 2 heterocycles. The van der Waals surface area contributed by atoms with Gasteiger partial charge < -0.3 is 4.42 Å². The van der Waals surface area contributed by atoms with Gasteiger partial charge in [-0.15, -0.1) is 0 Å². The highest BCUT2D eigenvalue weighted by atomic mass is 16.3. The van der Waals surface area contributed by atoms with Crippen LogP contribution in [-0.2, 0) is 23.3 Å². The predicted molar refractivity (Wildman–Crippen MR) is 157 cm³/mol. The van der Waals surface area contributed by atoms with Gasteiger partial charge in [0.15, 0.2) is 6.20 Å². The summed E-state index contributed by atoms with van der Waals surface area (Å²) >= 11 is 0. The molecule has 6 rings (SSSR count). The van der Waals surface area contributed by atoms with Crippen LogP contribution in [0.2, 0.25) is 0 Å². The second kappa shape index (κ2) is 7.69. The number of hydrogen-bond donors (Lipinski definition) is 0. The number of hydrogen-bond acceptors (Lipinski definition) is 1. The predicted octanol–water partition coefficient (Wildman–Crippen LogP) is 9.19. The van der Waals surface area contributed by atoms with Gasteiger partial charge >= 0.3 is 0 Å². The summed E-state index contributed by atoms with van der Waals surface area (Å²) in [6, 6.07) is 17.6. The topological polar surface area (TPSA) is 17.0 Å². The third-order valence-corrected chi connectivity index (χ3v) is 8.92. The quantitative estimate of drug-likeness (QED) is 0.214. The molecule has 0 saturated carbocycles. The first kappa shape index (κ1) is 24.2. The van der Waals surface area contributed by atoms with Crippen molar-refractivity contribution in [3.8, 4) is 11.3 Å². The number of nitrogens with zero attached hydrogens (tertiary/aromatic N) is 1. The fourth-order valence-electron chi connectivity index (χ4n) is 6.78. The van der Waals surface area contributed by atoms with Crippen molar-refractivity contribution < 1.29 is 8.98 Å².